The molecule has 9 unspecified atom stereocenters. The van der Waals surface area contributed by atoms with E-state index in [-0.39, 0.29) is 86.9 Å². The van der Waals surface area contributed by atoms with E-state index < -0.39 is 17.8 Å². The lowest BCUT2D eigenvalue weighted by Crippen LogP contribution is -2.52. The number of carbonyl (C=O) groups excluding carboxylic acids is 1. The van der Waals surface area contributed by atoms with Crippen molar-refractivity contribution < 1.29 is 38.7 Å². The van der Waals surface area contributed by atoms with Gasteiger partial charge in [-0.3, -0.25) is 4.79 Å². The summed E-state index contributed by atoms with van der Waals surface area (Å²) < 4.78 is 33.0. The van der Waals surface area contributed by atoms with Gasteiger partial charge in [-0.05, 0) is 94.5 Å². The molecular formula is C51H90O8. The van der Waals surface area contributed by atoms with Crippen molar-refractivity contribution in [3.8, 4) is 5.75 Å². The molecule has 8 heteroatoms. The lowest BCUT2D eigenvalue weighted by molar-refractivity contribution is -0.290. The molecule has 8 nitrogen and oxygen atoms in total. The standard InChI is InChI=1S/C51H90O8/c1-20-22-43-56-37(30-49(14,15)51(18,19)42-27-38(28-45(4,5)6)57-44(59-42)35-23-21-24-36(53)25-35)26-40(58-43)33(2)47(10,11)32-41(54)50(16,17)48(12,13)31-39(55-34(3)52)29-46(7,8)9/h21,23-25,33,37-44,53-54H,20,22,26-32H2,1-19H3. The Balaban J connectivity index is 1.82. The predicted octanol–water partition coefficient (Wildman–Crippen LogP) is 13.0. The third-order valence-electron chi connectivity index (χ3n) is 15.0. The van der Waals surface area contributed by atoms with Gasteiger partial charge in [0.1, 0.15) is 11.9 Å². The van der Waals surface area contributed by atoms with Crippen LogP contribution < -0.4 is 0 Å². The fraction of sp³-hybridized carbons (Fsp3) is 0.863. The number of esters is 1. The number of aromatic hydroxyl groups is 1. The van der Waals surface area contributed by atoms with Gasteiger partial charge in [-0.25, -0.2) is 0 Å². The van der Waals surface area contributed by atoms with E-state index in [2.05, 4.69) is 125 Å². The number of phenols is 1. The normalized spacial score (nSPS) is 26.0. The van der Waals surface area contributed by atoms with Crippen LogP contribution in [0.5, 0.6) is 5.75 Å². The van der Waals surface area contributed by atoms with Crippen LogP contribution in [0.2, 0.25) is 0 Å². The van der Waals surface area contributed by atoms with E-state index in [1.807, 2.05) is 12.1 Å². The smallest absolute Gasteiger partial charge is 0.302 e. The van der Waals surface area contributed by atoms with Gasteiger partial charge in [0, 0.05) is 25.3 Å². The van der Waals surface area contributed by atoms with E-state index in [9.17, 15) is 15.0 Å². The molecule has 2 saturated heterocycles. The van der Waals surface area contributed by atoms with Crippen molar-refractivity contribution in [2.24, 2.45) is 43.8 Å². The van der Waals surface area contributed by atoms with Crippen LogP contribution in [0.25, 0.3) is 0 Å². The zero-order chi connectivity index (χ0) is 45.2. The summed E-state index contributed by atoms with van der Waals surface area (Å²) in [6.07, 6.45) is 5.39. The van der Waals surface area contributed by atoms with Crippen LogP contribution in [0.1, 0.15) is 201 Å². The van der Waals surface area contributed by atoms with Gasteiger partial charge in [-0.15, -0.1) is 0 Å². The molecule has 0 aromatic heterocycles. The number of phenolic OH excluding ortho intramolecular Hbond substituents is 1. The van der Waals surface area contributed by atoms with E-state index >= 15 is 0 Å². The largest absolute Gasteiger partial charge is 0.508 e. The molecule has 1 aromatic rings. The Morgan fingerprint density at radius 2 is 1.39 bits per heavy atom. The van der Waals surface area contributed by atoms with E-state index in [1.165, 1.54) is 6.92 Å². The average Bonchev–Trinajstić information content (AvgIpc) is 3.05. The van der Waals surface area contributed by atoms with E-state index in [4.69, 9.17) is 23.7 Å². The van der Waals surface area contributed by atoms with Crippen molar-refractivity contribution in [2.45, 2.75) is 239 Å². The van der Waals surface area contributed by atoms with Crippen molar-refractivity contribution in [3.63, 3.8) is 0 Å². The summed E-state index contributed by atoms with van der Waals surface area (Å²) >= 11 is 0. The number of ether oxygens (including phenoxy) is 5. The van der Waals surface area contributed by atoms with Crippen LogP contribution >= 0.6 is 0 Å². The summed E-state index contributed by atoms with van der Waals surface area (Å²) in [6, 6.07) is 7.26. The predicted molar refractivity (Wildman–Crippen MR) is 240 cm³/mol. The number of hydrogen-bond donors (Lipinski definition) is 2. The first-order chi connectivity index (χ1) is 26.7. The summed E-state index contributed by atoms with van der Waals surface area (Å²) in [5, 5.41) is 22.5. The Labute approximate surface area is 361 Å². The van der Waals surface area contributed by atoms with Gasteiger partial charge < -0.3 is 33.9 Å². The monoisotopic (exact) mass is 831 g/mol. The summed E-state index contributed by atoms with van der Waals surface area (Å²) in [6.45, 7) is 42.0. The zero-order valence-corrected chi connectivity index (χ0v) is 41.2. The minimum Gasteiger partial charge on any atom is -0.508 e. The Morgan fingerprint density at radius 1 is 0.780 bits per heavy atom. The fourth-order valence-corrected chi connectivity index (χ4v) is 9.52. The van der Waals surface area contributed by atoms with Crippen molar-refractivity contribution in [2.75, 3.05) is 0 Å². The molecule has 0 bridgehead atoms. The highest BCUT2D eigenvalue weighted by Gasteiger charge is 2.52. The van der Waals surface area contributed by atoms with Crippen molar-refractivity contribution in [3.05, 3.63) is 29.8 Å². The SMILES string of the molecule is CCCC1OC(CC(C)(C)C(C)(C)C2CC(CC(C)(C)C)OC(c3cccc(O)c3)O2)CC(C(C)C(C)(C)CC(O)C(C)(C)C(C)(C)CC(CC(C)(C)C)OC(C)=O)O1. The second-order valence-corrected chi connectivity index (χ2v) is 24.3. The molecule has 0 spiro atoms. The molecule has 3 rings (SSSR count). The van der Waals surface area contributed by atoms with Gasteiger partial charge in [-0.2, -0.15) is 0 Å². The van der Waals surface area contributed by atoms with Crippen molar-refractivity contribution >= 4 is 5.97 Å². The third-order valence-corrected chi connectivity index (χ3v) is 15.0. The number of rotatable bonds is 18. The topological polar surface area (TPSA) is 104 Å². The summed E-state index contributed by atoms with van der Waals surface area (Å²) in [5.74, 6) is 0.0939. The quantitative estimate of drug-likeness (QED) is 0.141. The maximum Gasteiger partial charge on any atom is 0.302 e. The first kappa shape index (κ1) is 51.6. The minimum atomic E-state index is -0.588. The molecule has 1 aromatic carbocycles. The molecule has 0 amide bonds. The number of aliphatic hydroxyl groups is 1. The Bertz CT molecular complexity index is 1480. The van der Waals surface area contributed by atoms with Crippen LogP contribution in [-0.2, 0) is 28.5 Å². The van der Waals surface area contributed by atoms with Crippen LogP contribution in [-0.4, -0.2) is 59.1 Å². The van der Waals surface area contributed by atoms with Crippen LogP contribution in [0.15, 0.2) is 24.3 Å². The summed E-state index contributed by atoms with van der Waals surface area (Å²) in [5.41, 5.74) is -0.538. The van der Waals surface area contributed by atoms with Gasteiger partial charge in [0.05, 0.1) is 30.5 Å². The molecular weight excluding hydrogens is 741 g/mol. The van der Waals surface area contributed by atoms with Gasteiger partial charge in [0.25, 0.3) is 0 Å². The zero-order valence-electron chi connectivity index (χ0n) is 41.2. The highest BCUT2D eigenvalue weighted by molar-refractivity contribution is 5.66. The fourth-order valence-electron chi connectivity index (χ4n) is 9.52. The highest BCUT2D eigenvalue weighted by atomic mass is 16.7. The molecule has 2 N–H and O–H groups in total. The van der Waals surface area contributed by atoms with Gasteiger partial charge in [0.15, 0.2) is 12.6 Å². The molecule has 9 atom stereocenters. The second-order valence-electron chi connectivity index (χ2n) is 24.3. The average molecular weight is 831 g/mol. The number of carbonyl (C=O) groups is 1. The summed E-state index contributed by atoms with van der Waals surface area (Å²) in [4.78, 5) is 12.1. The van der Waals surface area contributed by atoms with Crippen LogP contribution in [0.3, 0.4) is 0 Å². The van der Waals surface area contributed by atoms with E-state index in [1.54, 1.807) is 12.1 Å². The Hall–Kier alpha value is -1.71. The van der Waals surface area contributed by atoms with Gasteiger partial charge in [0.2, 0.25) is 0 Å². The molecule has 0 aliphatic carbocycles. The molecule has 59 heavy (non-hydrogen) atoms. The number of aliphatic hydroxyl groups excluding tert-OH is 1. The molecule has 342 valence electrons. The van der Waals surface area contributed by atoms with Gasteiger partial charge >= 0.3 is 5.97 Å². The molecule has 2 fully saturated rings. The van der Waals surface area contributed by atoms with Crippen molar-refractivity contribution in [1.29, 1.82) is 0 Å². The number of benzene rings is 1. The maximum atomic E-state index is 12.2. The van der Waals surface area contributed by atoms with Gasteiger partial charge in [-0.1, -0.05) is 143 Å². The minimum absolute atomic E-state index is 0.00336. The van der Waals surface area contributed by atoms with E-state index in [0.29, 0.717) is 12.8 Å². The second kappa shape index (κ2) is 19.4. The Morgan fingerprint density at radius 3 is 1.93 bits per heavy atom. The lowest BCUT2D eigenvalue weighted by atomic mass is 9.58. The first-order valence-corrected chi connectivity index (χ1v) is 23.0. The molecule has 2 aliphatic rings. The summed E-state index contributed by atoms with van der Waals surface area (Å²) in [7, 11) is 0. The third kappa shape index (κ3) is 14.1. The van der Waals surface area contributed by atoms with Crippen LogP contribution in [0, 0.1) is 43.8 Å². The molecule has 2 aliphatic heterocycles. The van der Waals surface area contributed by atoms with Crippen LogP contribution in [0.4, 0.5) is 0 Å². The molecule has 0 radical (unpaired) electrons. The van der Waals surface area contributed by atoms with Crippen molar-refractivity contribution in [1.82, 2.24) is 0 Å². The molecule has 0 saturated carbocycles. The lowest BCUT2D eigenvalue weighted by Gasteiger charge is -2.53. The maximum absolute atomic E-state index is 12.2. The highest BCUT2D eigenvalue weighted by Crippen LogP contribution is 2.54. The Kier molecular flexibility index (Phi) is 16.9. The van der Waals surface area contributed by atoms with E-state index in [0.717, 1.165) is 50.5 Å². The molecule has 2 heterocycles. The first-order valence-electron chi connectivity index (χ1n) is 23.0. The number of hydrogen-bond acceptors (Lipinski definition) is 8.